The van der Waals surface area contributed by atoms with Crippen molar-refractivity contribution in [2.75, 3.05) is 0 Å². The molecule has 1 aliphatic rings. The minimum Gasteiger partial charge on any atom is -0.208 e. The molecule has 0 saturated carbocycles. The first-order chi connectivity index (χ1) is 27.2. The fourth-order valence-corrected chi connectivity index (χ4v) is 9.88. The van der Waals surface area contributed by atoms with Crippen LogP contribution in [-0.2, 0) is 0 Å². The number of nitrogens with zero attached hydrogens (tertiary/aromatic N) is 3. The van der Waals surface area contributed by atoms with Gasteiger partial charge < -0.3 is 0 Å². The Balaban J connectivity index is 1.06. The van der Waals surface area contributed by atoms with E-state index in [0.717, 1.165) is 27.5 Å². The van der Waals surface area contributed by atoms with Crippen LogP contribution < -0.4 is 0 Å². The van der Waals surface area contributed by atoms with Gasteiger partial charge in [-0.15, -0.1) is 11.3 Å². The number of hydrogen-bond acceptors (Lipinski definition) is 4. The molecular weight excluding hydrogens is 687 g/mol. The molecule has 0 unspecified atom stereocenters. The van der Waals surface area contributed by atoms with E-state index >= 15 is 0 Å². The van der Waals surface area contributed by atoms with Gasteiger partial charge in [-0.2, -0.15) is 0 Å². The second kappa shape index (κ2) is 11.7. The lowest BCUT2D eigenvalue weighted by Crippen LogP contribution is -2.00. The Morgan fingerprint density at radius 1 is 0.291 bits per heavy atom. The fraction of sp³-hybridized carbons (Fsp3) is 0. The van der Waals surface area contributed by atoms with Crippen LogP contribution >= 0.6 is 11.3 Å². The molecule has 0 saturated heterocycles. The molecule has 4 heteroatoms. The van der Waals surface area contributed by atoms with Crippen molar-refractivity contribution in [3.05, 3.63) is 176 Å². The minimum absolute atomic E-state index is 0.654. The van der Waals surface area contributed by atoms with Gasteiger partial charge in [0.2, 0.25) is 0 Å². The number of rotatable bonds is 4. The van der Waals surface area contributed by atoms with Crippen LogP contribution in [0.15, 0.2) is 176 Å². The zero-order valence-corrected chi connectivity index (χ0v) is 30.3. The standard InChI is InChI=1S/C51H29N3S/c1-2-12-32(13-3-1)49-52-50(34-24-23-30-11-4-5-14-33(30)27-34)54-51(53-49)41-26-25-37(35-17-6-7-18-36(35)41)38-21-10-22-45-48(38)44-28-42-39-19-8-15-31-16-9-20-40(47(31)39)43(42)29-46(44)55-45/h1-29H. The first-order valence-corrected chi connectivity index (χ1v) is 19.4. The molecule has 3 nitrogen and oxygen atoms in total. The van der Waals surface area contributed by atoms with Crippen LogP contribution in [0.4, 0.5) is 0 Å². The number of thiophene rings is 1. The summed E-state index contributed by atoms with van der Waals surface area (Å²) < 4.78 is 2.60. The molecule has 2 aromatic heterocycles. The SMILES string of the molecule is c1ccc(-c2nc(-c3ccc4ccccc4c3)nc(-c3ccc(-c4cccc5sc6cc7c(cc6c45)-c4cccc5cccc-7c45)c4ccccc34)n2)cc1. The van der Waals surface area contributed by atoms with E-state index in [1.54, 1.807) is 0 Å². The maximum Gasteiger partial charge on any atom is 0.164 e. The van der Waals surface area contributed by atoms with Crippen molar-refractivity contribution in [1.29, 1.82) is 0 Å². The van der Waals surface area contributed by atoms with Crippen LogP contribution in [0.1, 0.15) is 0 Å². The molecule has 0 aliphatic heterocycles. The summed E-state index contributed by atoms with van der Waals surface area (Å²) in [6.45, 7) is 0. The summed E-state index contributed by atoms with van der Waals surface area (Å²) in [6, 6.07) is 63.2. The van der Waals surface area contributed by atoms with Crippen LogP contribution in [0.2, 0.25) is 0 Å². The van der Waals surface area contributed by atoms with Crippen molar-refractivity contribution in [3.63, 3.8) is 0 Å². The molecule has 2 heterocycles. The summed E-state index contributed by atoms with van der Waals surface area (Å²) in [7, 11) is 0. The Bertz CT molecular complexity index is 3380. The van der Waals surface area contributed by atoms with Crippen LogP contribution in [0.5, 0.6) is 0 Å². The molecule has 11 aromatic rings. The summed E-state index contributed by atoms with van der Waals surface area (Å²) in [5.41, 5.74) is 10.6. The summed E-state index contributed by atoms with van der Waals surface area (Å²) in [5, 5.41) is 9.87. The predicted octanol–water partition coefficient (Wildman–Crippen LogP) is 14.0. The van der Waals surface area contributed by atoms with Gasteiger partial charge >= 0.3 is 0 Å². The third-order valence-corrected chi connectivity index (χ3v) is 12.4. The quantitative estimate of drug-likeness (QED) is 0.182. The summed E-state index contributed by atoms with van der Waals surface area (Å²) in [4.78, 5) is 15.4. The molecule has 0 spiro atoms. The number of aromatic nitrogens is 3. The fourth-order valence-electron chi connectivity index (χ4n) is 8.73. The normalized spacial score (nSPS) is 12.0. The molecule has 0 amide bonds. The zero-order chi connectivity index (χ0) is 36.0. The molecule has 1 aliphatic carbocycles. The van der Waals surface area contributed by atoms with Gasteiger partial charge in [-0.05, 0) is 96.0 Å². The third kappa shape index (κ3) is 4.65. The minimum atomic E-state index is 0.654. The number of hydrogen-bond donors (Lipinski definition) is 0. The number of fused-ring (bicyclic) bond motifs is 8. The van der Waals surface area contributed by atoms with Crippen molar-refractivity contribution in [2.24, 2.45) is 0 Å². The van der Waals surface area contributed by atoms with Gasteiger partial charge in [-0.3, -0.25) is 0 Å². The van der Waals surface area contributed by atoms with Crippen LogP contribution in [0, 0.1) is 0 Å². The van der Waals surface area contributed by atoms with E-state index in [2.05, 4.69) is 158 Å². The van der Waals surface area contributed by atoms with E-state index in [4.69, 9.17) is 15.0 Å². The maximum atomic E-state index is 5.19. The van der Waals surface area contributed by atoms with Crippen LogP contribution in [-0.4, -0.2) is 15.0 Å². The van der Waals surface area contributed by atoms with Crippen molar-refractivity contribution in [1.82, 2.24) is 15.0 Å². The Labute approximate surface area is 320 Å². The Kier molecular flexibility index (Phi) is 6.50. The Morgan fingerprint density at radius 2 is 0.891 bits per heavy atom. The highest BCUT2D eigenvalue weighted by atomic mass is 32.1. The summed E-state index contributed by atoms with van der Waals surface area (Å²) in [5.74, 6) is 1.97. The third-order valence-electron chi connectivity index (χ3n) is 11.3. The molecule has 0 N–H and O–H groups in total. The Morgan fingerprint density at radius 3 is 1.69 bits per heavy atom. The maximum absolute atomic E-state index is 5.19. The average Bonchev–Trinajstić information content (AvgIpc) is 3.78. The van der Waals surface area contributed by atoms with Crippen LogP contribution in [0.25, 0.3) is 120 Å². The molecule has 12 rings (SSSR count). The van der Waals surface area contributed by atoms with Crippen molar-refractivity contribution >= 4 is 63.8 Å². The van der Waals surface area contributed by atoms with Crippen molar-refractivity contribution in [2.45, 2.75) is 0 Å². The second-order valence-electron chi connectivity index (χ2n) is 14.3. The molecule has 55 heavy (non-hydrogen) atoms. The van der Waals surface area contributed by atoms with E-state index in [1.807, 2.05) is 29.5 Å². The molecular formula is C51H29N3S. The highest BCUT2D eigenvalue weighted by Crippen LogP contribution is 2.51. The monoisotopic (exact) mass is 715 g/mol. The largest absolute Gasteiger partial charge is 0.208 e. The van der Waals surface area contributed by atoms with Gasteiger partial charge in [0, 0.05) is 36.9 Å². The van der Waals surface area contributed by atoms with E-state index in [0.29, 0.717) is 17.5 Å². The van der Waals surface area contributed by atoms with E-state index < -0.39 is 0 Å². The van der Waals surface area contributed by atoms with E-state index in [-0.39, 0.29) is 0 Å². The lowest BCUT2D eigenvalue weighted by Gasteiger charge is -2.14. The van der Waals surface area contributed by atoms with Gasteiger partial charge in [0.15, 0.2) is 17.5 Å². The topological polar surface area (TPSA) is 38.7 Å². The number of benzene rings is 9. The van der Waals surface area contributed by atoms with Crippen molar-refractivity contribution in [3.8, 4) is 67.5 Å². The summed E-state index contributed by atoms with van der Waals surface area (Å²) in [6.07, 6.45) is 0. The first kappa shape index (κ1) is 30.5. The molecule has 9 aromatic carbocycles. The van der Waals surface area contributed by atoms with Gasteiger partial charge in [0.05, 0.1) is 0 Å². The molecule has 0 fully saturated rings. The highest BCUT2D eigenvalue weighted by Gasteiger charge is 2.24. The molecule has 0 atom stereocenters. The highest BCUT2D eigenvalue weighted by molar-refractivity contribution is 7.26. The molecule has 0 bridgehead atoms. The van der Waals surface area contributed by atoms with Gasteiger partial charge in [0.1, 0.15) is 0 Å². The molecule has 0 radical (unpaired) electrons. The smallest absolute Gasteiger partial charge is 0.164 e. The van der Waals surface area contributed by atoms with Gasteiger partial charge in [-0.25, -0.2) is 15.0 Å². The average molecular weight is 716 g/mol. The second-order valence-corrected chi connectivity index (χ2v) is 15.4. The van der Waals surface area contributed by atoms with Gasteiger partial charge in [0.25, 0.3) is 0 Å². The van der Waals surface area contributed by atoms with E-state index in [9.17, 15) is 0 Å². The molecule has 254 valence electrons. The van der Waals surface area contributed by atoms with E-state index in [1.165, 1.54) is 75.1 Å². The lowest BCUT2D eigenvalue weighted by atomic mass is 9.91. The predicted molar refractivity (Wildman–Crippen MR) is 231 cm³/mol. The van der Waals surface area contributed by atoms with Gasteiger partial charge in [-0.1, -0.05) is 146 Å². The van der Waals surface area contributed by atoms with Crippen LogP contribution in [0.3, 0.4) is 0 Å². The summed E-state index contributed by atoms with van der Waals surface area (Å²) >= 11 is 1.88. The zero-order valence-electron chi connectivity index (χ0n) is 29.5. The lowest BCUT2D eigenvalue weighted by molar-refractivity contribution is 1.08. The van der Waals surface area contributed by atoms with Crippen molar-refractivity contribution < 1.29 is 0 Å². The first-order valence-electron chi connectivity index (χ1n) is 18.6. The Hall–Kier alpha value is -7.01.